The number of amides is 1. The molecule has 4 rings (SSSR count). The SMILES string of the molecule is COc1cc(Nc2ncc(Cl)c(-c3cnn(C(C)C)c3)n2)ccc1C(=O)NCc1ccc(N)cc1. The summed E-state index contributed by atoms with van der Waals surface area (Å²) in [7, 11) is 1.51. The first-order valence-corrected chi connectivity index (χ1v) is 11.4. The lowest BCUT2D eigenvalue weighted by Gasteiger charge is -2.12. The average molecular weight is 492 g/mol. The van der Waals surface area contributed by atoms with Crippen LogP contribution in [0.25, 0.3) is 11.3 Å². The summed E-state index contributed by atoms with van der Waals surface area (Å²) < 4.78 is 7.30. The van der Waals surface area contributed by atoms with Crippen LogP contribution in [0.15, 0.2) is 61.1 Å². The predicted octanol–water partition coefficient (Wildman–Crippen LogP) is 4.84. The summed E-state index contributed by atoms with van der Waals surface area (Å²) in [4.78, 5) is 21.6. The summed E-state index contributed by atoms with van der Waals surface area (Å²) in [6.07, 6.45) is 5.15. The normalized spacial score (nSPS) is 10.9. The van der Waals surface area contributed by atoms with Crippen LogP contribution >= 0.6 is 11.6 Å². The minimum absolute atomic E-state index is 0.219. The molecule has 2 aromatic heterocycles. The summed E-state index contributed by atoms with van der Waals surface area (Å²) in [6.45, 7) is 4.46. The van der Waals surface area contributed by atoms with Crippen molar-refractivity contribution in [2.45, 2.75) is 26.4 Å². The fourth-order valence-electron chi connectivity index (χ4n) is 3.37. The summed E-state index contributed by atoms with van der Waals surface area (Å²) in [5, 5.41) is 10.8. The zero-order valence-corrected chi connectivity index (χ0v) is 20.4. The molecule has 35 heavy (non-hydrogen) atoms. The van der Waals surface area contributed by atoms with Gasteiger partial charge in [-0.2, -0.15) is 5.10 Å². The van der Waals surface area contributed by atoms with Crippen molar-refractivity contribution in [3.8, 4) is 17.0 Å². The molecule has 4 aromatic rings. The van der Waals surface area contributed by atoms with Crippen LogP contribution < -0.4 is 21.1 Å². The van der Waals surface area contributed by atoms with Crippen molar-refractivity contribution >= 4 is 34.8 Å². The topological polar surface area (TPSA) is 120 Å². The number of anilines is 3. The lowest BCUT2D eigenvalue weighted by Crippen LogP contribution is -2.23. The summed E-state index contributed by atoms with van der Waals surface area (Å²) >= 11 is 6.35. The quantitative estimate of drug-likeness (QED) is 0.301. The molecule has 0 unspecified atom stereocenters. The van der Waals surface area contributed by atoms with Gasteiger partial charge in [0.15, 0.2) is 0 Å². The van der Waals surface area contributed by atoms with Gasteiger partial charge in [-0.05, 0) is 43.7 Å². The van der Waals surface area contributed by atoms with Crippen molar-refractivity contribution in [1.29, 1.82) is 0 Å². The van der Waals surface area contributed by atoms with Crippen LogP contribution in [0.5, 0.6) is 5.75 Å². The molecule has 2 aromatic carbocycles. The molecular weight excluding hydrogens is 466 g/mol. The van der Waals surface area contributed by atoms with Crippen LogP contribution in [0.4, 0.5) is 17.3 Å². The fraction of sp³-hybridized carbons (Fsp3) is 0.200. The standard InChI is InChI=1S/C25H26ClN7O2/c1-15(2)33-14-17(12-30-33)23-21(26)13-29-25(32-23)31-19-8-9-20(22(10-19)35-3)24(34)28-11-16-4-6-18(27)7-5-16/h4-10,12-15H,11,27H2,1-3H3,(H,28,34)(H,29,31,32). The Morgan fingerprint density at radius 2 is 1.94 bits per heavy atom. The maximum Gasteiger partial charge on any atom is 0.255 e. The lowest BCUT2D eigenvalue weighted by molar-refractivity contribution is 0.0948. The van der Waals surface area contributed by atoms with Crippen LogP contribution in [-0.2, 0) is 6.54 Å². The van der Waals surface area contributed by atoms with Gasteiger partial charge in [0.2, 0.25) is 5.95 Å². The molecule has 180 valence electrons. The van der Waals surface area contributed by atoms with Gasteiger partial charge >= 0.3 is 0 Å². The highest BCUT2D eigenvalue weighted by Crippen LogP contribution is 2.29. The third kappa shape index (κ3) is 5.70. The second-order valence-electron chi connectivity index (χ2n) is 8.16. The monoisotopic (exact) mass is 491 g/mol. The number of benzene rings is 2. The Bertz CT molecular complexity index is 1340. The number of hydrogen-bond donors (Lipinski definition) is 3. The number of ether oxygens (including phenoxy) is 1. The highest BCUT2D eigenvalue weighted by atomic mass is 35.5. The van der Waals surface area contributed by atoms with Crippen LogP contribution in [0.3, 0.4) is 0 Å². The van der Waals surface area contributed by atoms with Crippen molar-refractivity contribution in [3.05, 3.63) is 77.2 Å². The summed E-state index contributed by atoms with van der Waals surface area (Å²) in [5.41, 5.74) is 9.75. The van der Waals surface area contributed by atoms with Crippen molar-refractivity contribution in [2.75, 3.05) is 18.2 Å². The van der Waals surface area contributed by atoms with E-state index in [9.17, 15) is 4.79 Å². The van der Waals surface area contributed by atoms with Crippen LogP contribution in [-0.4, -0.2) is 32.8 Å². The molecule has 0 spiro atoms. The second kappa shape index (κ2) is 10.4. The number of rotatable bonds is 8. The van der Waals surface area contributed by atoms with Gasteiger partial charge in [0.1, 0.15) is 5.75 Å². The van der Waals surface area contributed by atoms with E-state index < -0.39 is 0 Å². The van der Waals surface area contributed by atoms with E-state index in [0.29, 0.717) is 45.9 Å². The predicted molar refractivity (Wildman–Crippen MR) is 137 cm³/mol. The number of nitrogens with two attached hydrogens (primary N) is 1. The summed E-state index contributed by atoms with van der Waals surface area (Å²) in [6, 6.07) is 12.7. The van der Waals surface area contributed by atoms with Gasteiger partial charge in [-0.1, -0.05) is 23.7 Å². The molecule has 1 amide bonds. The zero-order valence-electron chi connectivity index (χ0n) is 19.6. The molecule has 0 radical (unpaired) electrons. The van der Waals surface area contributed by atoms with E-state index in [-0.39, 0.29) is 11.9 Å². The van der Waals surface area contributed by atoms with E-state index in [4.69, 9.17) is 22.1 Å². The molecule has 0 saturated carbocycles. The third-order valence-electron chi connectivity index (χ3n) is 5.28. The van der Waals surface area contributed by atoms with E-state index in [1.54, 1.807) is 36.5 Å². The number of hydrogen-bond acceptors (Lipinski definition) is 7. The van der Waals surface area contributed by atoms with Crippen molar-refractivity contribution in [3.63, 3.8) is 0 Å². The largest absolute Gasteiger partial charge is 0.496 e. The fourth-order valence-corrected chi connectivity index (χ4v) is 3.57. The molecule has 4 N–H and O–H groups in total. The van der Waals surface area contributed by atoms with E-state index in [1.807, 2.05) is 36.9 Å². The molecule has 2 heterocycles. The Labute approximate surface area is 208 Å². The van der Waals surface area contributed by atoms with Gasteiger partial charge in [-0.3, -0.25) is 9.48 Å². The number of aromatic nitrogens is 4. The van der Waals surface area contributed by atoms with Gasteiger partial charge < -0.3 is 21.1 Å². The summed E-state index contributed by atoms with van der Waals surface area (Å²) in [5.74, 6) is 0.513. The molecule has 0 saturated heterocycles. The van der Waals surface area contributed by atoms with Gasteiger partial charge in [-0.25, -0.2) is 9.97 Å². The van der Waals surface area contributed by atoms with Gasteiger partial charge in [0, 0.05) is 41.8 Å². The Morgan fingerprint density at radius 3 is 2.63 bits per heavy atom. The van der Waals surface area contributed by atoms with E-state index >= 15 is 0 Å². The molecule has 0 aliphatic rings. The van der Waals surface area contributed by atoms with Crippen LogP contribution in [0.2, 0.25) is 5.02 Å². The Kier molecular flexibility index (Phi) is 7.17. The van der Waals surface area contributed by atoms with Crippen molar-refractivity contribution in [1.82, 2.24) is 25.1 Å². The van der Waals surface area contributed by atoms with E-state index in [2.05, 4.69) is 25.7 Å². The van der Waals surface area contributed by atoms with Gasteiger partial charge in [0.05, 0.1) is 35.8 Å². The molecule has 0 aliphatic heterocycles. The second-order valence-corrected chi connectivity index (χ2v) is 8.56. The first kappa shape index (κ1) is 24.0. The van der Waals surface area contributed by atoms with Crippen LogP contribution in [0.1, 0.15) is 35.8 Å². The Hall–Kier alpha value is -4.11. The Balaban J connectivity index is 1.50. The van der Waals surface area contributed by atoms with E-state index in [0.717, 1.165) is 11.1 Å². The minimum atomic E-state index is -0.252. The zero-order chi connectivity index (χ0) is 24.9. The number of halogens is 1. The number of carbonyl (C=O) groups excluding carboxylic acids is 1. The number of methoxy groups -OCH3 is 1. The third-order valence-corrected chi connectivity index (χ3v) is 5.56. The smallest absolute Gasteiger partial charge is 0.255 e. The molecule has 9 nitrogen and oxygen atoms in total. The molecule has 0 fully saturated rings. The molecule has 0 aliphatic carbocycles. The lowest BCUT2D eigenvalue weighted by atomic mass is 10.1. The van der Waals surface area contributed by atoms with Crippen molar-refractivity contribution in [2.24, 2.45) is 0 Å². The van der Waals surface area contributed by atoms with E-state index in [1.165, 1.54) is 13.3 Å². The maximum absolute atomic E-state index is 12.7. The first-order chi connectivity index (χ1) is 16.8. The number of carbonyl (C=O) groups is 1. The minimum Gasteiger partial charge on any atom is -0.496 e. The average Bonchev–Trinajstić information content (AvgIpc) is 3.35. The first-order valence-electron chi connectivity index (χ1n) is 11.0. The number of nitrogens with zero attached hydrogens (tertiary/aromatic N) is 4. The highest BCUT2D eigenvalue weighted by molar-refractivity contribution is 6.32. The Morgan fingerprint density at radius 1 is 1.17 bits per heavy atom. The van der Waals surface area contributed by atoms with Gasteiger partial charge in [-0.15, -0.1) is 0 Å². The van der Waals surface area contributed by atoms with Crippen molar-refractivity contribution < 1.29 is 9.53 Å². The number of nitrogens with one attached hydrogen (secondary N) is 2. The number of nitrogen functional groups attached to an aromatic ring is 1. The highest BCUT2D eigenvalue weighted by Gasteiger charge is 2.15. The van der Waals surface area contributed by atoms with Crippen LogP contribution in [0, 0.1) is 0 Å². The molecular formula is C25H26ClN7O2. The molecule has 0 bridgehead atoms. The molecule has 0 atom stereocenters. The van der Waals surface area contributed by atoms with Gasteiger partial charge in [0.25, 0.3) is 5.91 Å². The molecule has 10 heteroatoms. The maximum atomic E-state index is 12.7.